The molecule has 0 saturated heterocycles. The highest BCUT2D eigenvalue weighted by Crippen LogP contribution is 2.34. The number of alkyl halides is 3. The van der Waals surface area contributed by atoms with Crippen molar-refractivity contribution in [1.82, 2.24) is 0 Å². The second-order valence-electron chi connectivity index (χ2n) is 5.68. The standard InChI is InChI=1S/C20H14ClF3N2O/c21-16-11-10-13(20(22,23)24)12-18(16)26-19(27)15-8-4-5-9-17(15)25-14-6-2-1-3-7-14/h1-12,25H,(H,26,27). The summed E-state index contributed by atoms with van der Waals surface area (Å²) in [5.74, 6) is -0.574. The zero-order chi connectivity index (χ0) is 19.4. The summed E-state index contributed by atoms with van der Waals surface area (Å²) in [6, 6.07) is 18.7. The minimum Gasteiger partial charge on any atom is -0.355 e. The summed E-state index contributed by atoms with van der Waals surface area (Å²) in [5, 5.41) is 5.59. The molecular formula is C20H14ClF3N2O. The van der Waals surface area contributed by atoms with Gasteiger partial charge in [-0.3, -0.25) is 4.79 Å². The lowest BCUT2D eigenvalue weighted by atomic mass is 10.1. The number of benzene rings is 3. The van der Waals surface area contributed by atoms with Gasteiger partial charge in [-0.05, 0) is 42.5 Å². The zero-order valence-electron chi connectivity index (χ0n) is 13.8. The minimum absolute atomic E-state index is 0.0184. The van der Waals surface area contributed by atoms with E-state index in [4.69, 9.17) is 11.6 Å². The summed E-state index contributed by atoms with van der Waals surface area (Å²) in [5.41, 5.74) is 0.567. The van der Waals surface area contributed by atoms with Crippen molar-refractivity contribution in [3.05, 3.63) is 88.9 Å². The summed E-state index contributed by atoms with van der Waals surface area (Å²) in [6.07, 6.45) is -4.53. The van der Waals surface area contributed by atoms with E-state index in [9.17, 15) is 18.0 Å². The summed E-state index contributed by atoms with van der Waals surface area (Å²) in [7, 11) is 0. The van der Waals surface area contributed by atoms with Gasteiger partial charge in [0.1, 0.15) is 0 Å². The van der Waals surface area contributed by atoms with E-state index in [1.54, 1.807) is 24.3 Å². The molecule has 0 unspecified atom stereocenters. The third-order valence-corrected chi connectivity index (χ3v) is 4.10. The molecule has 3 aromatic carbocycles. The number of hydrogen-bond donors (Lipinski definition) is 2. The van der Waals surface area contributed by atoms with Gasteiger partial charge in [0.05, 0.1) is 27.5 Å². The Morgan fingerprint density at radius 1 is 0.852 bits per heavy atom. The first-order valence-electron chi connectivity index (χ1n) is 7.94. The highest BCUT2D eigenvalue weighted by molar-refractivity contribution is 6.34. The number of anilines is 3. The molecule has 0 fully saturated rings. The Balaban J connectivity index is 1.87. The Kier molecular flexibility index (Phi) is 5.37. The highest BCUT2D eigenvalue weighted by atomic mass is 35.5. The quantitative estimate of drug-likeness (QED) is 0.544. The van der Waals surface area contributed by atoms with Gasteiger partial charge in [0.2, 0.25) is 0 Å². The maximum Gasteiger partial charge on any atom is 0.416 e. The summed E-state index contributed by atoms with van der Waals surface area (Å²) < 4.78 is 38.7. The molecule has 0 spiro atoms. The van der Waals surface area contributed by atoms with Crippen molar-refractivity contribution < 1.29 is 18.0 Å². The van der Waals surface area contributed by atoms with E-state index >= 15 is 0 Å². The fourth-order valence-electron chi connectivity index (χ4n) is 2.45. The second kappa shape index (κ2) is 7.72. The molecule has 2 N–H and O–H groups in total. The fourth-order valence-corrected chi connectivity index (χ4v) is 2.62. The molecule has 1 amide bonds. The molecule has 0 aliphatic carbocycles. The molecule has 138 valence electrons. The van der Waals surface area contributed by atoms with Gasteiger partial charge in [0.25, 0.3) is 5.91 Å². The van der Waals surface area contributed by atoms with Gasteiger partial charge in [-0.2, -0.15) is 13.2 Å². The molecule has 3 rings (SSSR count). The Hall–Kier alpha value is -2.99. The lowest BCUT2D eigenvalue weighted by Gasteiger charge is -2.14. The third kappa shape index (κ3) is 4.60. The van der Waals surface area contributed by atoms with Crippen molar-refractivity contribution in [3.63, 3.8) is 0 Å². The van der Waals surface area contributed by atoms with Crippen LogP contribution in [-0.4, -0.2) is 5.91 Å². The van der Waals surface area contributed by atoms with Crippen molar-refractivity contribution in [2.45, 2.75) is 6.18 Å². The van der Waals surface area contributed by atoms with E-state index in [0.717, 1.165) is 23.9 Å². The van der Waals surface area contributed by atoms with E-state index in [2.05, 4.69) is 10.6 Å². The van der Waals surface area contributed by atoms with Crippen LogP contribution in [0.4, 0.5) is 30.2 Å². The average molecular weight is 391 g/mol. The van der Waals surface area contributed by atoms with Crippen molar-refractivity contribution >= 4 is 34.6 Å². The Bertz CT molecular complexity index is 959. The van der Waals surface area contributed by atoms with E-state index < -0.39 is 17.6 Å². The van der Waals surface area contributed by atoms with Crippen LogP contribution in [0.5, 0.6) is 0 Å². The lowest BCUT2D eigenvalue weighted by molar-refractivity contribution is -0.137. The molecular weight excluding hydrogens is 377 g/mol. The van der Waals surface area contributed by atoms with Gasteiger partial charge in [0, 0.05) is 5.69 Å². The maximum atomic E-state index is 12.9. The minimum atomic E-state index is -4.53. The van der Waals surface area contributed by atoms with Crippen LogP contribution in [0, 0.1) is 0 Å². The summed E-state index contributed by atoms with van der Waals surface area (Å²) >= 11 is 5.95. The number of para-hydroxylation sites is 2. The van der Waals surface area contributed by atoms with Gasteiger partial charge in [-0.1, -0.05) is 41.9 Å². The van der Waals surface area contributed by atoms with Crippen LogP contribution in [0.2, 0.25) is 5.02 Å². The first-order chi connectivity index (χ1) is 12.8. The van der Waals surface area contributed by atoms with Crippen molar-refractivity contribution in [2.75, 3.05) is 10.6 Å². The third-order valence-electron chi connectivity index (χ3n) is 3.77. The summed E-state index contributed by atoms with van der Waals surface area (Å²) in [4.78, 5) is 12.6. The van der Waals surface area contributed by atoms with Crippen LogP contribution in [0.15, 0.2) is 72.8 Å². The lowest BCUT2D eigenvalue weighted by Crippen LogP contribution is -2.15. The van der Waals surface area contributed by atoms with Crippen molar-refractivity contribution in [2.24, 2.45) is 0 Å². The molecule has 0 saturated carbocycles. The molecule has 0 aliphatic heterocycles. The number of halogens is 4. The largest absolute Gasteiger partial charge is 0.416 e. The van der Waals surface area contributed by atoms with E-state index in [-0.39, 0.29) is 16.3 Å². The summed E-state index contributed by atoms with van der Waals surface area (Å²) in [6.45, 7) is 0. The second-order valence-corrected chi connectivity index (χ2v) is 6.09. The molecule has 0 atom stereocenters. The molecule has 0 bridgehead atoms. The molecule has 27 heavy (non-hydrogen) atoms. The Labute approximate surface area is 158 Å². The fraction of sp³-hybridized carbons (Fsp3) is 0.0500. The molecule has 0 aliphatic rings. The normalized spacial score (nSPS) is 11.1. The molecule has 3 nitrogen and oxygen atoms in total. The van der Waals surface area contributed by atoms with Crippen molar-refractivity contribution in [3.8, 4) is 0 Å². The molecule has 0 aromatic heterocycles. The van der Waals surface area contributed by atoms with E-state index in [1.807, 2.05) is 30.3 Å². The molecule has 0 heterocycles. The van der Waals surface area contributed by atoms with Gasteiger partial charge >= 0.3 is 6.18 Å². The first-order valence-corrected chi connectivity index (χ1v) is 8.31. The van der Waals surface area contributed by atoms with Crippen LogP contribution in [0.1, 0.15) is 15.9 Å². The topological polar surface area (TPSA) is 41.1 Å². The molecule has 0 radical (unpaired) electrons. The number of amides is 1. The van der Waals surface area contributed by atoms with Crippen LogP contribution in [0.3, 0.4) is 0 Å². The molecule has 7 heteroatoms. The number of nitrogens with one attached hydrogen (secondary N) is 2. The van der Waals surface area contributed by atoms with Crippen LogP contribution >= 0.6 is 11.6 Å². The first kappa shape index (κ1) is 18.8. The average Bonchev–Trinajstić information content (AvgIpc) is 2.64. The van der Waals surface area contributed by atoms with Gasteiger partial charge in [0.15, 0.2) is 0 Å². The zero-order valence-corrected chi connectivity index (χ0v) is 14.6. The predicted molar refractivity (Wildman–Crippen MR) is 101 cm³/mol. The maximum absolute atomic E-state index is 12.9. The Morgan fingerprint density at radius 3 is 2.22 bits per heavy atom. The van der Waals surface area contributed by atoms with Crippen LogP contribution in [0.25, 0.3) is 0 Å². The predicted octanol–water partition coefficient (Wildman–Crippen LogP) is 6.35. The smallest absolute Gasteiger partial charge is 0.355 e. The highest BCUT2D eigenvalue weighted by Gasteiger charge is 2.31. The van der Waals surface area contributed by atoms with Crippen LogP contribution in [-0.2, 0) is 6.18 Å². The number of hydrogen-bond acceptors (Lipinski definition) is 2. The number of carbonyl (C=O) groups is 1. The molecule has 3 aromatic rings. The van der Waals surface area contributed by atoms with E-state index in [0.29, 0.717) is 5.69 Å². The Morgan fingerprint density at radius 2 is 1.52 bits per heavy atom. The van der Waals surface area contributed by atoms with Gasteiger partial charge in [-0.25, -0.2) is 0 Å². The van der Waals surface area contributed by atoms with E-state index in [1.165, 1.54) is 0 Å². The number of carbonyl (C=O) groups excluding carboxylic acids is 1. The SMILES string of the molecule is O=C(Nc1cc(C(F)(F)F)ccc1Cl)c1ccccc1Nc1ccccc1. The van der Waals surface area contributed by atoms with Crippen molar-refractivity contribution in [1.29, 1.82) is 0 Å². The van der Waals surface area contributed by atoms with Gasteiger partial charge in [-0.15, -0.1) is 0 Å². The van der Waals surface area contributed by atoms with Gasteiger partial charge < -0.3 is 10.6 Å². The monoisotopic (exact) mass is 390 g/mol. The van der Waals surface area contributed by atoms with Crippen LogP contribution < -0.4 is 10.6 Å². The number of rotatable bonds is 4.